The van der Waals surface area contributed by atoms with Crippen molar-refractivity contribution < 1.29 is 4.57 Å². The summed E-state index contributed by atoms with van der Waals surface area (Å²) in [5.41, 5.74) is 4.28. The lowest BCUT2D eigenvalue weighted by Crippen LogP contribution is -2.38. The molecule has 1 aliphatic rings. The Labute approximate surface area is 137 Å². The summed E-state index contributed by atoms with van der Waals surface area (Å²) in [6.07, 6.45) is 9.74. The Bertz CT molecular complexity index is 846. The number of rotatable bonds is 3. The van der Waals surface area contributed by atoms with E-state index in [9.17, 15) is 0 Å². The molecule has 0 amide bonds. The molecule has 0 saturated heterocycles. The van der Waals surface area contributed by atoms with Crippen LogP contribution in [0.15, 0.2) is 72.9 Å². The van der Waals surface area contributed by atoms with Crippen LogP contribution in [0.4, 0.5) is 0 Å². The fourth-order valence-electron chi connectivity index (χ4n) is 3.58. The van der Waals surface area contributed by atoms with Crippen molar-refractivity contribution in [3.05, 3.63) is 84.2 Å². The van der Waals surface area contributed by atoms with Gasteiger partial charge in [0.25, 0.3) is 0 Å². The minimum absolute atomic E-state index is 0.929. The maximum atomic E-state index is 2.45. The molecule has 0 bridgehead atoms. The van der Waals surface area contributed by atoms with Gasteiger partial charge in [-0.25, -0.2) is 0 Å². The number of pyridine rings is 1. The first-order valence-corrected chi connectivity index (χ1v) is 8.56. The molecule has 0 aliphatic heterocycles. The standard InChI is InChI=1S/C22H22N/c1-3-9-18(10-4-1)17-23-16-15-19-11-7-8-14-21(19)22(23)20-12-5-2-6-13-20/h1,3-4,7-12,14-16H,2,5-6,13,17H2/q+1. The molecule has 23 heavy (non-hydrogen) atoms. The van der Waals surface area contributed by atoms with Crippen LogP contribution in [0.1, 0.15) is 36.9 Å². The number of fused-ring (bicyclic) bond motifs is 1. The Kier molecular flexibility index (Phi) is 3.94. The molecular formula is C22H22N+. The van der Waals surface area contributed by atoms with E-state index in [0.717, 1.165) is 6.54 Å². The molecule has 0 atom stereocenters. The van der Waals surface area contributed by atoms with Gasteiger partial charge in [0.1, 0.15) is 0 Å². The molecule has 2 aromatic carbocycles. The zero-order valence-corrected chi connectivity index (χ0v) is 13.4. The normalized spacial score (nSPS) is 14.7. The summed E-state index contributed by atoms with van der Waals surface area (Å²) in [7, 11) is 0. The van der Waals surface area contributed by atoms with Gasteiger partial charge in [-0.3, -0.25) is 0 Å². The largest absolute Gasteiger partial charge is 0.216 e. The molecule has 4 rings (SSSR count). The molecular weight excluding hydrogens is 278 g/mol. The Hall–Kier alpha value is -2.41. The first-order valence-electron chi connectivity index (χ1n) is 8.56. The minimum atomic E-state index is 0.929. The molecule has 0 saturated carbocycles. The molecule has 1 nitrogen and oxygen atoms in total. The summed E-state index contributed by atoms with van der Waals surface area (Å²) in [5, 5.41) is 2.71. The number of nitrogens with zero attached hydrogens (tertiary/aromatic N) is 1. The minimum Gasteiger partial charge on any atom is -0.194 e. The maximum Gasteiger partial charge on any atom is 0.216 e. The van der Waals surface area contributed by atoms with Crippen LogP contribution in [0.2, 0.25) is 0 Å². The zero-order chi connectivity index (χ0) is 15.5. The van der Waals surface area contributed by atoms with E-state index in [1.807, 2.05) is 0 Å². The van der Waals surface area contributed by atoms with Crippen LogP contribution in [0, 0.1) is 0 Å². The second-order valence-electron chi connectivity index (χ2n) is 6.34. The summed E-state index contributed by atoms with van der Waals surface area (Å²) >= 11 is 0. The topological polar surface area (TPSA) is 3.88 Å². The van der Waals surface area contributed by atoms with Gasteiger partial charge >= 0.3 is 0 Å². The number of hydrogen-bond acceptors (Lipinski definition) is 0. The monoisotopic (exact) mass is 300 g/mol. The molecule has 1 heterocycles. The number of hydrogen-bond donors (Lipinski definition) is 0. The second kappa shape index (κ2) is 6.37. The molecule has 0 unspecified atom stereocenters. The average Bonchev–Trinajstić information content (AvgIpc) is 2.63. The predicted molar refractivity (Wildman–Crippen MR) is 96.1 cm³/mol. The highest BCUT2D eigenvalue weighted by molar-refractivity contribution is 5.90. The van der Waals surface area contributed by atoms with E-state index in [1.54, 1.807) is 0 Å². The molecule has 0 radical (unpaired) electrons. The van der Waals surface area contributed by atoms with Crippen LogP contribution in [0.3, 0.4) is 0 Å². The van der Waals surface area contributed by atoms with Gasteiger partial charge in [0, 0.05) is 17.2 Å². The van der Waals surface area contributed by atoms with Gasteiger partial charge in [0.2, 0.25) is 5.69 Å². The number of benzene rings is 2. The van der Waals surface area contributed by atoms with Crippen molar-refractivity contribution in [2.75, 3.05) is 0 Å². The van der Waals surface area contributed by atoms with Crippen molar-refractivity contribution in [2.24, 2.45) is 0 Å². The van der Waals surface area contributed by atoms with E-state index < -0.39 is 0 Å². The molecule has 1 heteroatoms. The van der Waals surface area contributed by atoms with E-state index in [4.69, 9.17) is 0 Å². The van der Waals surface area contributed by atoms with Crippen LogP contribution in [0.5, 0.6) is 0 Å². The highest BCUT2D eigenvalue weighted by atomic mass is 15.0. The van der Waals surface area contributed by atoms with Crippen molar-refractivity contribution in [3.63, 3.8) is 0 Å². The van der Waals surface area contributed by atoms with Crippen LogP contribution in [-0.2, 0) is 6.54 Å². The lowest BCUT2D eigenvalue weighted by molar-refractivity contribution is -0.689. The molecule has 3 aromatic rings. The molecule has 0 spiro atoms. The lowest BCUT2D eigenvalue weighted by atomic mass is 9.93. The highest BCUT2D eigenvalue weighted by Gasteiger charge is 2.21. The third-order valence-electron chi connectivity index (χ3n) is 4.73. The van der Waals surface area contributed by atoms with Crippen molar-refractivity contribution in [1.29, 1.82) is 0 Å². The first kappa shape index (κ1) is 14.2. The van der Waals surface area contributed by atoms with Crippen molar-refractivity contribution in [3.8, 4) is 0 Å². The molecule has 0 fully saturated rings. The smallest absolute Gasteiger partial charge is 0.194 e. The third kappa shape index (κ3) is 2.92. The summed E-state index contributed by atoms with van der Waals surface area (Å²) in [6.45, 7) is 0.929. The average molecular weight is 300 g/mol. The third-order valence-corrected chi connectivity index (χ3v) is 4.73. The Morgan fingerprint density at radius 1 is 0.826 bits per heavy atom. The van der Waals surface area contributed by atoms with Gasteiger partial charge in [0.05, 0.1) is 5.39 Å². The Morgan fingerprint density at radius 2 is 1.65 bits per heavy atom. The molecule has 0 N–H and O–H groups in total. The quantitative estimate of drug-likeness (QED) is 0.590. The van der Waals surface area contributed by atoms with E-state index in [1.165, 1.54) is 53.3 Å². The van der Waals surface area contributed by atoms with Crippen LogP contribution >= 0.6 is 0 Å². The molecule has 114 valence electrons. The number of aromatic nitrogens is 1. The van der Waals surface area contributed by atoms with Gasteiger partial charge in [-0.2, -0.15) is 4.57 Å². The van der Waals surface area contributed by atoms with Crippen molar-refractivity contribution in [2.45, 2.75) is 32.2 Å². The van der Waals surface area contributed by atoms with Gasteiger partial charge in [-0.05, 0) is 37.1 Å². The van der Waals surface area contributed by atoms with Gasteiger partial charge in [0.15, 0.2) is 12.7 Å². The predicted octanol–water partition coefficient (Wildman–Crippen LogP) is 5.13. The first-order chi connectivity index (χ1) is 11.4. The summed E-state index contributed by atoms with van der Waals surface area (Å²) in [6, 6.07) is 21.8. The van der Waals surface area contributed by atoms with Crippen LogP contribution in [0.25, 0.3) is 16.3 Å². The summed E-state index contributed by atoms with van der Waals surface area (Å²) in [5.74, 6) is 0. The maximum absolute atomic E-state index is 2.45. The zero-order valence-electron chi connectivity index (χ0n) is 13.4. The van der Waals surface area contributed by atoms with Crippen LogP contribution in [-0.4, -0.2) is 0 Å². The van der Waals surface area contributed by atoms with Crippen LogP contribution < -0.4 is 4.57 Å². The number of allylic oxidation sites excluding steroid dienone is 2. The SMILES string of the molecule is C1=C(c2c3ccccc3cc[n+]2Cc2ccccc2)CCCC1. The van der Waals surface area contributed by atoms with Crippen molar-refractivity contribution in [1.82, 2.24) is 0 Å². The Morgan fingerprint density at radius 3 is 2.48 bits per heavy atom. The van der Waals surface area contributed by atoms with Crippen molar-refractivity contribution >= 4 is 16.3 Å². The van der Waals surface area contributed by atoms with E-state index in [-0.39, 0.29) is 0 Å². The van der Waals surface area contributed by atoms with Gasteiger partial charge in [-0.15, -0.1) is 0 Å². The van der Waals surface area contributed by atoms with E-state index in [2.05, 4.69) is 77.5 Å². The molecule has 1 aromatic heterocycles. The van der Waals surface area contributed by atoms with Gasteiger partial charge < -0.3 is 0 Å². The summed E-state index contributed by atoms with van der Waals surface area (Å²) in [4.78, 5) is 0. The van der Waals surface area contributed by atoms with Gasteiger partial charge in [-0.1, -0.05) is 54.6 Å². The van der Waals surface area contributed by atoms with E-state index in [0.29, 0.717) is 0 Å². The molecule has 1 aliphatic carbocycles. The fraction of sp³-hybridized carbons (Fsp3) is 0.227. The highest BCUT2D eigenvalue weighted by Crippen LogP contribution is 2.29. The second-order valence-corrected chi connectivity index (χ2v) is 6.34. The fourth-order valence-corrected chi connectivity index (χ4v) is 3.58. The summed E-state index contributed by atoms with van der Waals surface area (Å²) < 4.78 is 2.43. The van der Waals surface area contributed by atoms with E-state index >= 15 is 0 Å². The lowest BCUT2D eigenvalue weighted by Gasteiger charge is -2.14. The Balaban J connectivity index is 1.87.